The molecule has 0 atom stereocenters. The number of carbonyl (C=O) groups is 3. The second-order valence-electron chi connectivity index (χ2n) is 6.25. The van der Waals surface area contributed by atoms with Gasteiger partial charge in [0.25, 0.3) is 11.1 Å². The Morgan fingerprint density at radius 2 is 1.80 bits per heavy atom. The summed E-state index contributed by atoms with van der Waals surface area (Å²) < 4.78 is 11.1. The van der Waals surface area contributed by atoms with Crippen LogP contribution in [-0.4, -0.2) is 41.7 Å². The zero-order chi connectivity index (χ0) is 21.5. The van der Waals surface area contributed by atoms with Gasteiger partial charge in [-0.25, -0.2) is 0 Å². The zero-order valence-corrected chi connectivity index (χ0v) is 17.5. The van der Waals surface area contributed by atoms with Gasteiger partial charge in [0.05, 0.1) is 18.1 Å². The summed E-state index contributed by atoms with van der Waals surface area (Å²) >= 11 is 0.798. The number of rotatable bonds is 8. The number of hydrogen-bond donors (Lipinski definition) is 1. The van der Waals surface area contributed by atoms with Crippen LogP contribution < -0.4 is 14.8 Å². The largest absolute Gasteiger partial charge is 0.494 e. The number of benzene rings is 2. The van der Waals surface area contributed by atoms with Crippen LogP contribution in [-0.2, 0) is 9.59 Å². The number of carbonyl (C=O) groups excluding carboxylic acids is 3. The van der Waals surface area contributed by atoms with Crippen LogP contribution in [0, 0.1) is 0 Å². The molecule has 3 rings (SSSR count). The molecule has 2 aromatic rings. The fourth-order valence-corrected chi connectivity index (χ4v) is 3.64. The smallest absolute Gasteiger partial charge is 0.294 e. The molecule has 156 valence electrons. The van der Waals surface area contributed by atoms with Gasteiger partial charge < -0.3 is 14.8 Å². The van der Waals surface area contributed by atoms with E-state index in [0.717, 1.165) is 16.7 Å². The molecule has 2 aromatic carbocycles. The Kier molecular flexibility index (Phi) is 7.13. The van der Waals surface area contributed by atoms with Crippen molar-refractivity contribution in [2.75, 3.05) is 25.1 Å². The molecule has 0 spiro atoms. The van der Waals surface area contributed by atoms with E-state index in [1.807, 2.05) is 19.9 Å². The van der Waals surface area contributed by atoms with Crippen molar-refractivity contribution in [3.63, 3.8) is 0 Å². The highest BCUT2D eigenvalue weighted by molar-refractivity contribution is 8.18. The number of nitrogens with zero attached hydrogens (tertiary/aromatic N) is 1. The monoisotopic (exact) mass is 426 g/mol. The molecule has 30 heavy (non-hydrogen) atoms. The average molecular weight is 426 g/mol. The van der Waals surface area contributed by atoms with E-state index in [9.17, 15) is 14.4 Å². The van der Waals surface area contributed by atoms with Crippen LogP contribution in [0.3, 0.4) is 0 Å². The van der Waals surface area contributed by atoms with Gasteiger partial charge >= 0.3 is 0 Å². The highest BCUT2D eigenvalue weighted by atomic mass is 32.2. The number of ether oxygens (including phenoxy) is 2. The van der Waals surface area contributed by atoms with E-state index in [0.29, 0.717) is 36.0 Å². The number of para-hydroxylation sites is 1. The number of imide groups is 1. The van der Waals surface area contributed by atoms with Gasteiger partial charge in [-0.2, -0.15) is 0 Å². The molecule has 1 aliphatic heterocycles. The number of hydrogen-bond acceptors (Lipinski definition) is 6. The lowest BCUT2D eigenvalue weighted by Gasteiger charge is -2.12. The van der Waals surface area contributed by atoms with Crippen molar-refractivity contribution in [1.82, 2.24) is 4.90 Å². The first kappa shape index (κ1) is 21.4. The van der Waals surface area contributed by atoms with Crippen LogP contribution in [0.15, 0.2) is 53.4 Å². The maximum atomic E-state index is 12.7. The molecule has 0 aliphatic carbocycles. The minimum absolute atomic E-state index is 0.234. The normalized spacial score (nSPS) is 14.9. The Balaban J connectivity index is 1.75. The van der Waals surface area contributed by atoms with Crippen LogP contribution in [0.5, 0.6) is 11.5 Å². The van der Waals surface area contributed by atoms with Gasteiger partial charge in [-0.1, -0.05) is 18.2 Å². The highest BCUT2D eigenvalue weighted by Gasteiger charge is 2.36. The van der Waals surface area contributed by atoms with Crippen LogP contribution in [0.4, 0.5) is 10.5 Å². The maximum Gasteiger partial charge on any atom is 0.294 e. The Labute approximate surface area is 179 Å². The van der Waals surface area contributed by atoms with E-state index >= 15 is 0 Å². The summed E-state index contributed by atoms with van der Waals surface area (Å²) in [5, 5.41) is 2.18. The lowest BCUT2D eigenvalue weighted by molar-refractivity contribution is -0.127. The molecule has 0 aromatic heterocycles. The molecule has 1 aliphatic rings. The second kappa shape index (κ2) is 9.98. The summed E-state index contributed by atoms with van der Waals surface area (Å²) in [5.41, 5.74) is 1.25. The molecule has 1 fully saturated rings. The second-order valence-corrected chi connectivity index (χ2v) is 7.24. The molecule has 0 unspecified atom stereocenters. The topological polar surface area (TPSA) is 84.9 Å². The number of amides is 3. The maximum absolute atomic E-state index is 12.7. The van der Waals surface area contributed by atoms with Crippen molar-refractivity contribution in [3.05, 3.63) is 59.0 Å². The van der Waals surface area contributed by atoms with Crippen molar-refractivity contribution >= 4 is 40.6 Å². The van der Waals surface area contributed by atoms with Crippen LogP contribution in [0.25, 0.3) is 6.08 Å². The summed E-state index contributed by atoms with van der Waals surface area (Å²) in [7, 11) is 0. The first-order chi connectivity index (χ1) is 14.5. The van der Waals surface area contributed by atoms with Crippen LogP contribution in [0.1, 0.15) is 19.4 Å². The third kappa shape index (κ3) is 5.21. The third-order valence-electron chi connectivity index (χ3n) is 4.12. The van der Waals surface area contributed by atoms with Gasteiger partial charge in [0.2, 0.25) is 5.91 Å². The molecule has 1 N–H and O–H groups in total. The fourth-order valence-electron chi connectivity index (χ4n) is 2.81. The molecule has 7 nitrogen and oxygen atoms in total. The summed E-state index contributed by atoms with van der Waals surface area (Å²) in [6, 6.07) is 14.1. The summed E-state index contributed by atoms with van der Waals surface area (Å²) in [6.45, 7) is 4.36. The van der Waals surface area contributed by atoms with Gasteiger partial charge in [0.1, 0.15) is 18.0 Å². The first-order valence-electron chi connectivity index (χ1n) is 9.51. The SMILES string of the molecule is CCOc1ccc(/C=C2/SC(=O)N(CC(=O)Nc3ccccc3)C2=O)c(OCC)c1. The van der Waals surface area contributed by atoms with E-state index in [1.165, 1.54) is 0 Å². The molecule has 8 heteroatoms. The summed E-state index contributed by atoms with van der Waals surface area (Å²) in [6.07, 6.45) is 1.60. The van der Waals surface area contributed by atoms with Crippen molar-refractivity contribution in [3.8, 4) is 11.5 Å². The molecule has 0 bridgehead atoms. The average Bonchev–Trinajstić information content (AvgIpc) is 2.98. The van der Waals surface area contributed by atoms with Gasteiger partial charge in [-0.3, -0.25) is 19.3 Å². The first-order valence-corrected chi connectivity index (χ1v) is 10.3. The predicted octanol–water partition coefficient (Wildman–Crippen LogP) is 4.16. The molecule has 1 heterocycles. The number of nitrogens with one attached hydrogen (secondary N) is 1. The molecule has 0 saturated carbocycles. The molecule has 3 amide bonds. The minimum atomic E-state index is -0.510. The summed E-state index contributed by atoms with van der Waals surface area (Å²) in [5.74, 6) is 0.256. The van der Waals surface area contributed by atoms with E-state index in [2.05, 4.69) is 5.32 Å². The van der Waals surface area contributed by atoms with Crippen molar-refractivity contribution in [2.24, 2.45) is 0 Å². The van der Waals surface area contributed by atoms with Gasteiger partial charge in [0.15, 0.2) is 0 Å². The Bertz CT molecular complexity index is 975. The standard InChI is InChI=1S/C22H22N2O5S/c1-3-28-17-11-10-15(18(13-17)29-4-2)12-19-21(26)24(22(27)30-19)14-20(25)23-16-8-6-5-7-9-16/h5-13H,3-4,14H2,1-2H3,(H,23,25)/b19-12+. The predicted molar refractivity (Wildman–Crippen MR) is 117 cm³/mol. The zero-order valence-electron chi connectivity index (χ0n) is 16.7. The van der Waals surface area contributed by atoms with Crippen LogP contribution >= 0.6 is 11.8 Å². The quantitative estimate of drug-likeness (QED) is 0.638. The van der Waals surface area contributed by atoms with E-state index in [4.69, 9.17) is 9.47 Å². The van der Waals surface area contributed by atoms with E-state index < -0.39 is 17.1 Å². The Morgan fingerprint density at radius 3 is 2.50 bits per heavy atom. The lowest BCUT2D eigenvalue weighted by atomic mass is 10.1. The highest BCUT2D eigenvalue weighted by Crippen LogP contribution is 2.35. The Morgan fingerprint density at radius 1 is 1.07 bits per heavy atom. The van der Waals surface area contributed by atoms with Gasteiger partial charge in [-0.05, 0) is 56.0 Å². The summed E-state index contributed by atoms with van der Waals surface area (Å²) in [4.78, 5) is 38.4. The van der Waals surface area contributed by atoms with E-state index in [1.54, 1.807) is 48.5 Å². The van der Waals surface area contributed by atoms with Gasteiger partial charge in [0, 0.05) is 17.3 Å². The van der Waals surface area contributed by atoms with E-state index in [-0.39, 0.29) is 11.4 Å². The molecular weight excluding hydrogens is 404 g/mol. The lowest BCUT2D eigenvalue weighted by Crippen LogP contribution is -2.36. The van der Waals surface area contributed by atoms with Crippen molar-refractivity contribution in [2.45, 2.75) is 13.8 Å². The molecule has 0 radical (unpaired) electrons. The van der Waals surface area contributed by atoms with Gasteiger partial charge in [-0.15, -0.1) is 0 Å². The molecule has 1 saturated heterocycles. The minimum Gasteiger partial charge on any atom is -0.494 e. The number of thioether (sulfide) groups is 1. The number of anilines is 1. The van der Waals surface area contributed by atoms with Crippen LogP contribution in [0.2, 0.25) is 0 Å². The van der Waals surface area contributed by atoms with Crippen molar-refractivity contribution < 1.29 is 23.9 Å². The van der Waals surface area contributed by atoms with Crippen molar-refractivity contribution in [1.29, 1.82) is 0 Å². The Hall–Kier alpha value is -3.26. The fraction of sp³-hybridized carbons (Fsp3) is 0.227. The molecular formula is C22H22N2O5S. The third-order valence-corrected chi connectivity index (χ3v) is 5.02.